The molecule has 0 saturated heterocycles. The van der Waals surface area contributed by atoms with Crippen molar-refractivity contribution in [2.75, 3.05) is 13.4 Å². The number of benzene rings is 1. The highest BCUT2D eigenvalue weighted by Crippen LogP contribution is 2.35. The van der Waals surface area contributed by atoms with Crippen LogP contribution < -0.4 is 19.8 Å². The van der Waals surface area contributed by atoms with Crippen molar-refractivity contribution in [2.45, 2.75) is 19.1 Å². The molecular weight excluding hydrogens is 327 g/mol. The third-order valence-electron chi connectivity index (χ3n) is 3.48. The maximum atomic E-state index is 12.7. The van der Waals surface area contributed by atoms with Crippen molar-refractivity contribution in [3.8, 4) is 17.2 Å². The van der Waals surface area contributed by atoms with Crippen molar-refractivity contribution in [2.24, 2.45) is 0 Å². The molecule has 2 aromatic rings. The first-order chi connectivity index (χ1) is 11.4. The summed E-state index contributed by atoms with van der Waals surface area (Å²) >= 11 is 0. The van der Waals surface area contributed by atoms with E-state index < -0.39 is 17.3 Å². The molecule has 24 heavy (non-hydrogen) atoms. The van der Waals surface area contributed by atoms with Crippen LogP contribution in [0.3, 0.4) is 0 Å². The number of hydrogen-bond acceptors (Lipinski definition) is 4. The quantitative estimate of drug-likeness (QED) is 0.785. The number of fused-ring (bicyclic) bond motifs is 1. The van der Waals surface area contributed by atoms with E-state index in [9.17, 15) is 18.0 Å². The normalized spacial score (nSPS) is 13.1. The highest BCUT2D eigenvalue weighted by atomic mass is 19.4. The Labute approximate surface area is 135 Å². The van der Waals surface area contributed by atoms with Crippen molar-refractivity contribution < 1.29 is 27.4 Å². The van der Waals surface area contributed by atoms with Gasteiger partial charge in [-0.15, -0.1) is 0 Å². The van der Waals surface area contributed by atoms with E-state index >= 15 is 0 Å². The van der Waals surface area contributed by atoms with Crippen LogP contribution in [0.5, 0.6) is 17.2 Å². The van der Waals surface area contributed by atoms with Gasteiger partial charge in [0.25, 0.3) is 5.56 Å². The molecule has 0 atom stereocenters. The van der Waals surface area contributed by atoms with Crippen molar-refractivity contribution >= 4 is 0 Å². The number of alkyl halides is 3. The minimum atomic E-state index is -4.65. The van der Waals surface area contributed by atoms with Crippen LogP contribution in [0.15, 0.2) is 41.3 Å². The van der Waals surface area contributed by atoms with Gasteiger partial charge in [-0.3, -0.25) is 4.79 Å². The van der Waals surface area contributed by atoms with Crippen LogP contribution in [0.25, 0.3) is 0 Å². The summed E-state index contributed by atoms with van der Waals surface area (Å²) in [6, 6.07) is 7.10. The molecule has 0 radical (unpaired) electrons. The summed E-state index contributed by atoms with van der Waals surface area (Å²) in [4.78, 5) is 11.8. The number of hydrogen-bond donors (Lipinski definition) is 0. The second-order valence-electron chi connectivity index (χ2n) is 5.14. The van der Waals surface area contributed by atoms with Crippen LogP contribution >= 0.6 is 0 Å². The predicted molar refractivity (Wildman–Crippen MR) is 78.4 cm³/mol. The van der Waals surface area contributed by atoms with Crippen molar-refractivity contribution in [1.29, 1.82) is 0 Å². The van der Waals surface area contributed by atoms with E-state index in [4.69, 9.17) is 14.2 Å². The van der Waals surface area contributed by atoms with E-state index in [-0.39, 0.29) is 19.9 Å². The Morgan fingerprint density at radius 2 is 1.96 bits per heavy atom. The summed E-state index contributed by atoms with van der Waals surface area (Å²) in [6.45, 7) is 0.548. The van der Waals surface area contributed by atoms with Gasteiger partial charge >= 0.3 is 6.18 Å². The lowest BCUT2D eigenvalue weighted by Crippen LogP contribution is -2.28. The van der Waals surface area contributed by atoms with Gasteiger partial charge in [0.2, 0.25) is 6.79 Å². The lowest BCUT2D eigenvalue weighted by molar-refractivity contribution is -0.139. The number of rotatable bonds is 5. The largest absolute Gasteiger partial charge is 0.493 e. The molecule has 1 aromatic heterocycles. The minimum absolute atomic E-state index is 0.132. The number of nitrogens with zero attached hydrogens (tertiary/aromatic N) is 1. The van der Waals surface area contributed by atoms with Gasteiger partial charge in [-0.25, -0.2) is 0 Å². The molecule has 0 N–H and O–H groups in total. The van der Waals surface area contributed by atoms with Crippen molar-refractivity contribution in [3.05, 3.63) is 52.4 Å². The van der Waals surface area contributed by atoms with Gasteiger partial charge in [0, 0.05) is 18.8 Å². The zero-order chi connectivity index (χ0) is 17.2. The molecule has 0 bridgehead atoms. The maximum Gasteiger partial charge on any atom is 0.421 e. The second-order valence-corrected chi connectivity index (χ2v) is 5.14. The molecule has 128 valence electrons. The van der Waals surface area contributed by atoms with Gasteiger partial charge < -0.3 is 18.8 Å². The Balaban J connectivity index is 1.57. The monoisotopic (exact) mass is 341 g/mol. The van der Waals surface area contributed by atoms with Gasteiger partial charge in [-0.2, -0.15) is 13.2 Å². The molecule has 0 spiro atoms. The molecule has 1 aliphatic heterocycles. The zero-order valence-electron chi connectivity index (χ0n) is 12.5. The van der Waals surface area contributed by atoms with E-state index in [1.165, 1.54) is 12.3 Å². The van der Waals surface area contributed by atoms with Crippen LogP contribution in [0.1, 0.15) is 12.0 Å². The summed E-state index contributed by atoms with van der Waals surface area (Å²) < 4.78 is 55.0. The van der Waals surface area contributed by atoms with Crippen LogP contribution in [-0.4, -0.2) is 18.0 Å². The van der Waals surface area contributed by atoms with E-state index in [0.29, 0.717) is 23.7 Å². The van der Waals surface area contributed by atoms with Gasteiger partial charge in [0.05, 0.1) is 6.61 Å². The summed E-state index contributed by atoms with van der Waals surface area (Å²) in [7, 11) is 0. The molecule has 3 rings (SSSR count). The first-order valence-electron chi connectivity index (χ1n) is 7.24. The topological polar surface area (TPSA) is 49.7 Å². The highest BCUT2D eigenvalue weighted by molar-refractivity contribution is 5.46. The third kappa shape index (κ3) is 3.47. The smallest absolute Gasteiger partial charge is 0.421 e. The average molecular weight is 341 g/mol. The summed E-state index contributed by atoms with van der Waals surface area (Å²) in [5.41, 5.74) is -2.21. The average Bonchev–Trinajstić information content (AvgIpc) is 2.99. The van der Waals surface area contributed by atoms with Crippen LogP contribution in [-0.2, 0) is 12.7 Å². The Hall–Kier alpha value is -2.64. The number of halogens is 3. The predicted octanol–water partition coefficient (Wildman–Crippen LogP) is 3.06. The van der Waals surface area contributed by atoms with Crippen LogP contribution in [0.4, 0.5) is 13.2 Å². The molecule has 0 saturated carbocycles. The molecule has 5 nitrogen and oxygen atoms in total. The summed E-state index contributed by atoms with van der Waals surface area (Å²) in [5.74, 6) is 1.79. The molecule has 0 amide bonds. The third-order valence-corrected chi connectivity index (χ3v) is 3.48. The van der Waals surface area contributed by atoms with Crippen molar-refractivity contribution in [3.63, 3.8) is 0 Å². The van der Waals surface area contributed by atoms with E-state index in [2.05, 4.69) is 0 Å². The van der Waals surface area contributed by atoms with E-state index in [1.807, 2.05) is 0 Å². The SMILES string of the molecule is O=c1c(C(F)(F)F)cccn1CCCOc1ccc2c(c1)OCO2. The molecular formula is C16H14F3NO4. The molecule has 0 aliphatic carbocycles. The van der Waals surface area contributed by atoms with Gasteiger partial charge in [0.1, 0.15) is 11.3 Å². The summed E-state index contributed by atoms with van der Waals surface area (Å²) in [6.07, 6.45) is -2.93. The van der Waals surface area contributed by atoms with Crippen LogP contribution in [0, 0.1) is 0 Å². The molecule has 0 fully saturated rings. The number of aryl methyl sites for hydroxylation is 1. The number of aromatic nitrogens is 1. The van der Waals surface area contributed by atoms with E-state index in [1.54, 1.807) is 18.2 Å². The summed E-state index contributed by atoms with van der Waals surface area (Å²) in [5, 5.41) is 0. The number of ether oxygens (including phenoxy) is 3. The molecule has 0 unspecified atom stereocenters. The highest BCUT2D eigenvalue weighted by Gasteiger charge is 2.34. The van der Waals surface area contributed by atoms with Gasteiger partial charge in [0.15, 0.2) is 11.5 Å². The Kier molecular flexibility index (Phi) is 4.37. The van der Waals surface area contributed by atoms with Crippen molar-refractivity contribution in [1.82, 2.24) is 4.57 Å². The fraction of sp³-hybridized carbons (Fsp3) is 0.312. The molecule has 1 aromatic carbocycles. The van der Waals surface area contributed by atoms with Gasteiger partial charge in [-0.05, 0) is 30.7 Å². The van der Waals surface area contributed by atoms with Gasteiger partial charge in [-0.1, -0.05) is 0 Å². The zero-order valence-corrected chi connectivity index (χ0v) is 12.5. The Morgan fingerprint density at radius 1 is 1.17 bits per heavy atom. The standard InChI is InChI=1S/C16H14F3NO4/c17-16(18,19)12-3-1-6-20(15(12)21)7-2-8-22-11-4-5-13-14(9-11)24-10-23-13/h1,3-6,9H,2,7-8,10H2. The maximum absolute atomic E-state index is 12.7. The minimum Gasteiger partial charge on any atom is -0.493 e. The van der Waals surface area contributed by atoms with E-state index in [0.717, 1.165) is 10.6 Å². The number of pyridine rings is 1. The Bertz CT molecular complexity index is 786. The fourth-order valence-corrected chi connectivity index (χ4v) is 2.32. The lowest BCUT2D eigenvalue weighted by atomic mass is 10.2. The lowest BCUT2D eigenvalue weighted by Gasteiger charge is -2.11. The fourth-order valence-electron chi connectivity index (χ4n) is 2.32. The molecule has 8 heteroatoms. The first kappa shape index (κ1) is 16.2. The molecule has 1 aliphatic rings. The van der Waals surface area contributed by atoms with Crippen LogP contribution in [0.2, 0.25) is 0 Å². The first-order valence-corrected chi connectivity index (χ1v) is 7.24. The molecule has 2 heterocycles. The second kappa shape index (κ2) is 6.46. The Morgan fingerprint density at radius 3 is 2.75 bits per heavy atom.